The van der Waals surface area contributed by atoms with Gasteiger partial charge in [-0.25, -0.2) is 4.79 Å². The number of carbonyl (C=O) groups is 1. The van der Waals surface area contributed by atoms with Crippen LogP contribution >= 0.6 is 0 Å². The van der Waals surface area contributed by atoms with Gasteiger partial charge in [-0.3, -0.25) is 4.90 Å². The van der Waals surface area contributed by atoms with E-state index in [1.807, 2.05) is 0 Å². The number of rotatable bonds is 2. The quantitative estimate of drug-likeness (QED) is 0.805. The second kappa shape index (κ2) is 5.67. The molecule has 0 bridgehead atoms. The Bertz CT molecular complexity index is 327. The molecule has 19 heavy (non-hydrogen) atoms. The van der Waals surface area contributed by atoms with Gasteiger partial charge < -0.3 is 15.2 Å². The molecule has 2 unspecified atom stereocenters. The van der Waals surface area contributed by atoms with Crippen LogP contribution in [0.3, 0.4) is 0 Å². The lowest BCUT2D eigenvalue weighted by molar-refractivity contribution is -0.0894. The van der Waals surface area contributed by atoms with Gasteiger partial charge in [0.25, 0.3) is 0 Å². The smallest absolute Gasteiger partial charge is 0.404 e. The Kier molecular flexibility index (Phi) is 4.36. The second-order valence-corrected chi connectivity index (χ2v) is 6.83. The molecule has 2 aliphatic rings. The molecule has 3 atom stereocenters. The first kappa shape index (κ1) is 14.6. The fourth-order valence-electron chi connectivity index (χ4n) is 3.12. The summed E-state index contributed by atoms with van der Waals surface area (Å²) in [4.78, 5) is 13.2. The van der Waals surface area contributed by atoms with E-state index in [9.17, 15) is 4.79 Å². The van der Waals surface area contributed by atoms with Crippen LogP contribution in [0.25, 0.3) is 0 Å². The number of nitrogens with zero attached hydrogens (tertiary/aromatic N) is 1. The Morgan fingerprint density at radius 1 is 1.37 bits per heavy atom. The van der Waals surface area contributed by atoms with Crippen molar-refractivity contribution in [2.75, 3.05) is 19.7 Å². The number of carboxylic acid groups (broad SMARTS) is 1. The van der Waals surface area contributed by atoms with E-state index in [0.717, 1.165) is 39.0 Å². The minimum absolute atomic E-state index is 0.124. The molecule has 2 fully saturated rings. The highest BCUT2D eigenvalue weighted by molar-refractivity contribution is 5.64. The molecule has 0 spiro atoms. The Morgan fingerprint density at radius 2 is 2.11 bits per heavy atom. The van der Waals surface area contributed by atoms with Crippen LogP contribution in [0.2, 0.25) is 0 Å². The van der Waals surface area contributed by atoms with E-state index in [1.165, 1.54) is 0 Å². The summed E-state index contributed by atoms with van der Waals surface area (Å²) in [6, 6.07) is 0.629. The first-order valence-corrected chi connectivity index (χ1v) is 7.21. The molecule has 0 aromatic carbocycles. The number of amides is 1. The fraction of sp³-hybridized carbons (Fsp3) is 0.929. The molecule has 0 radical (unpaired) electrons. The molecule has 1 aliphatic carbocycles. The zero-order chi connectivity index (χ0) is 14.0. The molecule has 1 amide bonds. The summed E-state index contributed by atoms with van der Waals surface area (Å²) < 4.78 is 5.87. The van der Waals surface area contributed by atoms with Gasteiger partial charge in [0.15, 0.2) is 0 Å². The van der Waals surface area contributed by atoms with Crippen LogP contribution in [0.1, 0.15) is 40.0 Å². The van der Waals surface area contributed by atoms with Gasteiger partial charge in [0, 0.05) is 25.2 Å². The van der Waals surface area contributed by atoms with Crippen molar-refractivity contribution in [3.63, 3.8) is 0 Å². The van der Waals surface area contributed by atoms with Gasteiger partial charge in [0.05, 0.1) is 12.7 Å². The summed E-state index contributed by atoms with van der Waals surface area (Å²) in [5, 5.41) is 11.4. The molecule has 110 valence electrons. The molecule has 1 saturated carbocycles. The normalized spacial score (nSPS) is 33.3. The van der Waals surface area contributed by atoms with Crippen molar-refractivity contribution in [3.8, 4) is 0 Å². The standard InChI is InChI=1S/C14H26N2O3/c1-14(2,3)12-9-16(6-7-19-12)11-5-4-10(8-11)15-13(17)18/h10-12,15H,4-9H2,1-3H3,(H,17,18)/t10?,11-,12?/m0/s1. The zero-order valence-corrected chi connectivity index (χ0v) is 12.2. The van der Waals surface area contributed by atoms with E-state index in [-0.39, 0.29) is 17.6 Å². The van der Waals surface area contributed by atoms with Crippen LogP contribution < -0.4 is 5.32 Å². The molecule has 0 aromatic rings. The topological polar surface area (TPSA) is 61.8 Å². The van der Waals surface area contributed by atoms with Crippen molar-refractivity contribution in [1.82, 2.24) is 10.2 Å². The van der Waals surface area contributed by atoms with Gasteiger partial charge in [-0.2, -0.15) is 0 Å². The summed E-state index contributed by atoms with van der Waals surface area (Å²) in [7, 11) is 0. The van der Waals surface area contributed by atoms with Crippen molar-refractivity contribution in [1.29, 1.82) is 0 Å². The maximum atomic E-state index is 10.7. The van der Waals surface area contributed by atoms with Gasteiger partial charge >= 0.3 is 6.09 Å². The molecule has 2 N–H and O–H groups in total. The molecule has 1 aliphatic heterocycles. The van der Waals surface area contributed by atoms with E-state index in [2.05, 4.69) is 31.0 Å². The molecular formula is C14H26N2O3. The number of hydrogen-bond donors (Lipinski definition) is 2. The average Bonchev–Trinajstić information content (AvgIpc) is 2.76. The summed E-state index contributed by atoms with van der Waals surface area (Å²) >= 11 is 0. The third kappa shape index (κ3) is 3.83. The summed E-state index contributed by atoms with van der Waals surface area (Å²) in [6.45, 7) is 9.36. The second-order valence-electron chi connectivity index (χ2n) is 6.83. The predicted molar refractivity (Wildman–Crippen MR) is 73.4 cm³/mol. The lowest BCUT2D eigenvalue weighted by Gasteiger charge is -2.42. The van der Waals surface area contributed by atoms with Crippen LogP contribution in [0, 0.1) is 5.41 Å². The van der Waals surface area contributed by atoms with Crippen LogP contribution in [0.15, 0.2) is 0 Å². The Labute approximate surface area is 115 Å². The molecule has 0 aromatic heterocycles. The van der Waals surface area contributed by atoms with Gasteiger partial charge in [-0.1, -0.05) is 20.8 Å². The third-order valence-corrected chi connectivity index (χ3v) is 4.31. The number of nitrogens with one attached hydrogen (secondary N) is 1. The Balaban J connectivity index is 1.87. The predicted octanol–water partition coefficient (Wildman–Crippen LogP) is 1.92. The zero-order valence-electron chi connectivity index (χ0n) is 12.2. The van der Waals surface area contributed by atoms with Crippen LogP contribution in [-0.4, -0.2) is 54.0 Å². The first-order valence-electron chi connectivity index (χ1n) is 7.21. The van der Waals surface area contributed by atoms with E-state index < -0.39 is 6.09 Å². The highest BCUT2D eigenvalue weighted by Crippen LogP contribution is 2.30. The molecule has 1 saturated heterocycles. The molecule has 1 heterocycles. The van der Waals surface area contributed by atoms with Crippen molar-refractivity contribution in [2.45, 2.75) is 58.2 Å². The number of morpholine rings is 1. The maximum absolute atomic E-state index is 10.7. The van der Waals surface area contributed by atoms with Crippen molar-refractivity contribution in [3.05, 3.63) is 0 Å². The van der Waals surface area contributed by atoms with Crippen molar-refractivity contribution >= 4 is 6.09 Å². The lowest BCUT2D eigenvalue weighted by Crippen LogP contribution is -2.51. The van der Waals surface area contributed by atoms with Crippen molar-refractivity contribution < 1.29 is 14.6 Å². The first-order chi connectivity index (χ1) is 8.86. The van der Waals surface area contributed by atoms with Crippen LogP contribution in [0.5, 0.6) is 0 Å². The van der Waals surface area contributed by atoms with Gasteiger partial charge in [-0.05, 0) is 24.7 Å². The van der Waals surface area contributed by atoms with E-state index >= 15 is 0 Å². The largest absolute Gasteiger partial charge is 0.465 e. The number of hydrogen-bond acceptors (Lipinski definition) is 3. The number of ether oxygens (including phenoxy) is 1. The molecule has 5 nitrogen and oxygen atoms in total. The highest BCUT2D eigenvalue weighted by atomic mass is 16.5. The van der Waals surface area contributed by atoms with Gasteiger partial charge in [0.1, 0.15) is 0 Å². The summed E-state index contributed by atoms with van der Waals surface area (Å²) in [5.74, 6) is 0. The van der Waals surface area contributed by atoms with Crippen LogP contribution in [0.4, 0.5) is 4.79 Å². The third-order valence-electron chi connectivity index (χ3n) is 4.31. The Morgan fingerprint density at radius 3 is 2.74 bits per heavy atom. The maximum Gasteiger partial charge on any atom is 0.404 e. The SMILES string of the molecule is CC(C)(C)C1CN([C@H]2CCC(NC(=O)O)C2)CCO1. The molecular weight excluding hydrogens is 244 g/mol. The highest BCUT2D eigenvalue weighted by Gasteiger charge is 2.36. The monoisotopic (exact) mass is 270 g/mol. The van der Waals surface area contributed by atoms with Gasteiger partial charge in [-0.15, -0.1) is 0 Å². The summed E-state index contributed by atoms with van der Waals surface area (Å²) in [5.41, 5.74) is 0.163. The Hall–Kier alpha value is -0.810. The molecule has 5 heteroatoms. The van der Waals surface area contributed by atoms with Gasteiger partial charge in [0.2, 0.25) is 0 Å². The molecule has 2 rings (SSSR count). The van der Waals surface area contributed by atoms with Crippen molar-refractivity contribution in [2.24, 2.45) is 5.41 Å². The minimum Gasteiger partial charge on any atom is -0.465 e. The average molecular weight is 270 g/mol. The minimum atomic E-state index is -0.903. The van der Waals surface area contributed by atoms with E-state index in [0.29, 0.717) is 6.04 Å². The summed E-state index contributed by atoms with van der Waals surface area (Å²) in [6.07, 6.45) is 2.34. The van der Waals surface area contributed by atoms with E-state index in [4.69, 9.17) is 9.84 Å². The van der Waals surface area contributed by atoms with Crippen LogP contribution in [-0.2, 0) is 4.74 Å². The fourth-order valence-corrected chi connectivity index (χ4v) is 3.12. The lowest BCUT2D eigenvalue weighted by atomic mass is 9.87. The van der Waals surface area contributed by atoms with E-state index in [1.54, 1.807) is 0 Å².